The van der Waals surface area contributed by atoms with Gasteiger partial charge >= 0.3 is 0 Å². The Balaban J connectivity index is 2.04. The molecule has 0 radical (unpaired) electrons. The molecule has 37 heavy (non-hydrogen) atoms. The third-order valence-electron chi connectivity index (χ3n) is 6.34. The average molecular weight is 504 g/mol. The number of ether oxygens (including phenoxy) is 4. The van der Waals surface area contributed by atoms with E-state index in [0.29, 0.717) is 56.6 Å². The molecule has 0 aliphatic rings. The van der Waals surface area contributed by atoms with Gasteiger partial charge in [-0.15, -0.1) is 0 Å². The summed E-state index contributed by atoms with van der Waals surface area (Å²) in [5, 5.41) is 22.0. The van der Waals surface area contributed by atoms with Crippen LogP contribution < -0.4 is 18.9 Å². The molecule has 0 unspecified atom stereocenters. The number of nitrogens with zero attached hydrogens (tertiary/aromatic N) is 3. The predicted octanol–water partition coefficient (Wildman–Crippen LogP) is 5.24. The molecule has 2 N–H and O–H groups in total. The molecule has 0 aliphatic carbocycles. The first-order valence-electron chi connectivity index (χ1n) is 11.5. The number of methoxy groups -OCH3 is 4. The zero-order chi connectivity index (χ0) is 26.9. The van der Waals surface area contributed by atoms with E-state index in [1.54, 1.807) is 64.5 Å². The predicted molar refractivity (Wildman–Crippen MR) is 140 cm³/mol. The fourth-order valence-electron chi connectivity index (χ4n) is 4.24. The Morgan fingerprint density at radius 3 is 1.22 bits per heavy atom. The summed E-state index contributed by atoms with van der Waals surface area (Å²) in [6, 6.07) is 10.4. The first kappa shape index (κ1) is 25.6. The van der Waals surface area contributed by atoms with Crippen molar-refractivity contribution in [2.24, 2.45) is 0 Å². The topological polar surface area (TPSA) is 116 Å². The van der Waals surface area contributed by atoms with Gasteiger partial charge in [0.05, 0.1) is 45.1 Å². The zero-order valence-electron chi connectivity index (χ0n) is 21.8. The summed E-state index contributed by atoms with van der Waals surface area (Å²) in [6.07, 6.45) is 0. The molecule has 0 saturated heterocycles. The summed E-state index contributed by atoms with van der Waals surface area (Å²) >= 11 is 0. The number of phenolic OH excluding ortho intramolecular Hbond substituents is 2. The SMILES string of the molecule is COc1ccc(-c2nc(-c3ccc(OC)c(C)c3O)nc(-c3ccc(OC)c(C)c3OC)n2)c(O)c1C. The fourth-order valence-corrected chi connectivity index (χ4v) is 4.24. The first-order valence-corrected chi connectivity index (χ1v) is 11.5. The quantitative estimate of drug-likeness (QED) is 0.349. The lowest BCUT2D eigenvalue weighted by atomic mass is 10.1. The minimum atomic E-state index is -0.0181. The summed E-state index contributed by atoms with van der Waals surface area (Å²) in [5.41, 5.74) is 3.24. The Morgan fingerprint density at radius 1 is 0.486 bits per heavy atom. The van der Waals surface area contributed by atoms with Gasteiger partial charge in [-0.3, -0.25) is 0 Å². The van der Waals surface area contributed by atoms with E-state index in [9.17, 15) is 10.2 Å². The maximum Gasteiger partial charge on any atom is 0.167 e. The van der Waals surface area contributed by atoms with Gasteiger partial charge in [0.2, 0.25) is 0 Å². The summed E-state index contributed by atoms with van der Waals surface area (Å²) < 4.78 is 21.8. The molecule has 1 aromatic heterocycles. The molecule has 0 amide bonds. The van der Waals surface area contributed by atoms with Crippen LogP contribution in [0.5, 0.6) is 34.5 Å². The van der Waals surface area contributed by atoms with Crippen molar-refractivity contribution in [1.82, 2.24) is 15.0 Å². The first-order chi connectivity index (χ1) is 17.7. The standard InChI is InChI=1S/C28H29N3O6/c1-14-20(34-4)11-8-17(23(14)32)26-29-27(18-9-12-21(35-5)15(2)24(18)33)31-28(30-26)19-10-13-22(36-6)16(3)25(19)37-7/h8-13,32-33H,1-7H3. The lowest BCUT2D eigenvalue weighted by Gasteiger charge is -2.16. The van der Waals surface area contributed by atoms with Crippen LogP contribution in [0.2, 0.25) is 0 Å². The third kappa shape index (κ3) is 4.44. The largest absolute Gasteiger partial charge is 0.507 e. The summed E-state index contributed by atoms with van der Waals surface area (Å²) in [4.78, 5) is 14.0. The van der Waals surface area contributed by atoms with Crippen molar-refractivity contribution in [3.63, 3.8) is 0 Å². The van der Waals surface area contributed by atoms with Crippen molar-refractivity contribution in [2.45, 2.75) is 20.8 Å². The molecule has 9 nitrogen and oxygen atoms in total. The number of aromatic nitrogens is 3. The van der Waals surface area contributed by atoms with Crippen LogP contribution in [0.4, 0.5) is 0 Å². The molecule has 0 spiro atoms. The Hall–Kier alpha value is -4.53. The van der Waals surface area contributed by atoms with E-state index in [-0.39, 0.29) is 23.1 Å². The van der Waals surface area contributed by atoms with Gasteiger partial charge in [0.1, 0.15) is 34.5 Å². The highest BCUT2D eigenvalue weighted by Crippen LogP contribution is 2.41. The smallest absolute Gasteiger partial charge is 0.167 e. The number of phenols is 2. The summed E-state index contributed by atoms with van der Waals surface area (Å²) in [5.74, 6) is 2.94. The maximum absolute atomic E-state index is 11.0. The van der Waals surface area contributed by atoms with E-state index in [2.05, 4.69) is 4.98 Å². The second-order valence-electron chi connectivity index (χ2n) is 8.36. The molecular weight excluding hydrogens is 474 g/mol. The highest BCUT2D eigenvalue weighted by atomic mass is 16.5. The average Bonchev–Trinajstić information content (AvgIpc) is 2.91. The highest BCUT2D eigenvalue weighted by Gasteiger charge is 2.22. The van der Waals surface area contributed by atoms with Crippen LogP contribution in [0.1, 0.15) is 16.7 Å². The van der Waals surface area contributed by atoms with Crippen molar-refractivity contribution in [3.8, 4) is 68.7 Å². The van der Waals surface area contributed by atoms with Gasteiger partial charge in [0, 0.05) is 16.7 Å². The van der Waals surface area contributed by atoms with E-state index in [1.165, 1.54) is 14.2 Å². The van der Waals surface area contributed by atoms with Crippen LogP contribution in [0.3, 0.4) is 0 Å². The van der Waals surface area contributed by atoms with Gasteiger partial charge < -0.3 is 29.2 Å². The number of benzene rings is 3. The zero-order valence-corrected chi connectivity index (χ0v) is 21.8. The van der Waals surface area contributed by atoms with E-state index in [1.807, 2.05) is 6.92 Å². The minimum Gasteiger partial charge on any atom is -0.507 e. The Labute approximate surface area is 215 Å². The normalized spacial score (nSPS) is 10.8. The van der Waals surface area contributed by atoms with Crippen LogP contribution in [-0.2, 0) is 0 Å². The van der Waals surface area contributed by atoms with Gasteiger partial charge in [-0.05, 0) is 57.2 Å². The number of hydrogen-bond acceptors (Lipinski definition) is 9. The molecule has 9 heteroatoms. The summed E-state index contributed by atoms with van der Waals surface area (Å²) in [7, 11) is 6.22. The summed E-state index contributed by atoms with van der Waals surface area (Å²) in [6.45, 7) is 5.37. The van der Waals surface area contributed by atoms with Crippen LogP contribution in [-0.4, -0.2) is 53.6 Å². The van der Waals surface area contributed by atoms with E-state index in [4.69, 9.17) is 28.9 Å². The highest BCUT2D eigenvalue weighted by molar-refractivity contribution is 5.77. The molecule has 4 rings (SSSR count). The molecule has 1 heterocycles. The minimum absolute atomic E-state index is 0.0181. The molecule has 0 bridgehead atoms. The van der Waals surface area contributed by atoms with Gasteiger partial charge in [0.25, 0.3) is 0 Å². The van der Waals surface area contributed by atoms with Crippen molar-refractivity contribution in [1.29, 1.82) is 0 Å². The van der Waals surface area contributed by atoms with E-state index < -0.39 is 0 Å². The second-order valence-corrected chi connectivity index (χ2v) is 8.36. The Bertz CT molecular complexity index is 1410. The van der Waals surface area contributed by atoms with Crippen molar-refractivity contribution in [3.05, 3.63) is 53.1 Å². The third-order valence-corrected chi connectivity index (χ3v) is 6.34. The van der Waals surface area contributed by atoms with Crippen molar-refractivity contribution >= 4 is 0 Å². The van der Waals surface area contributed by atoms with Gasteiger partial charge in [-0.2, -0.15) is 0 Å². The van der Waals surface area contributed by atoms with Gasteiger partial charge in [-0.1, -0.05) is 0 Å². The maximum atomic E-state index is 11.0. The van der Waals surface area contributed by atoms with E-state index >= 15 is 0 Å². The molecule has 0 atom stereocenters. The molecule has 192 valence electrons. The lowest BCUT2D eigenvalue weighted by Crippen LogP contribution is -2.03. The molecule has 3 aromatic carbocycles. The van der Waals surface area contributed by atoms with Gasteiger partial charge in [0.15, 0.2) is 17.5 Å². The van der Waals surface area contributed by atoms with Crippen molar-refractivity contribution < 1.29 is 29.2 Å². The van der Waals surface area contributed by atoms with Crippen LogP contribution >= 0.6 is 0 Å². The monoisotopic (exact) mass is 503 g/mol. The molecular formula is C28H29N3O6. The molecule has 4 aromatic rings. The van der Waals surface area contributed by atoms with Crippen LogP contribution in [0.15, 0.2) is 36.4 Å². The van der Waals surface area contributed by atoms with Gasteiger partial charge in [-0.25, -0.2) is 15.0 Å². The van der Waals surface area contributed by atoms with E-state index in [0.717, 1.165) is 5.56 Å². The Morgan fingerprint density at radius 2 is 0.838 bits per heavy atom. The number of aromatic hydroxyl groups is 2. The lowest BCUT2D eigenvalue weighted by molar-refractivity contribution is 0.389. The van der Waals surface area contributed by atoms with Crippen molar-refractivity contribution in [2.75, 3.05) is 28.4 Å². The van der Waals surface area contributed by atoms with Crippen LogP contribution in [0.25, 0.3) is 34.2 Å². The number of rotatable bonds is 7. The molecule has 0 aliphatic heterocycles. The second kappa shape index (κ2) is 10.2. The number of hydrogen-bond donors (Lipinski definition) is 2. The van der Waals surface area contributed by atoms with Crippen LogP contribution in [0, 0.1) is 20.8 Å². The fraction of sp³-hybridized carbons (Fsp3) is 0.250. The molecule has 0 saturated carbocycles. The Kier molecular flexibility index (Phi) is 7.06. The molecule has 0 fully saturated rings.